The second-order valence-electron chi connectivity index (χ2n) is 3.24. The highest BCUT2D eigenvalue weighted by molar-refractivity contribution is 6.21. The Balaban J connectivity index is 2.40. The molecule has 0 saturated carbocycles. The van der Waals surface area contributed by atoms with Gasteiger partial charge in [-0.3, -0.25) is 15.0 Å². The lowest BCUT2D eigenvalue weighted by Gasteiger charge is -2.14. The number of nitrogens with zero attached hydrogens (tertiary/aromatic N) is 1. The van der Waals surface area contributed by atoms with Crippen LogP contribution >= 0.6 is 0 Å². The summed E-state index contributed by atoms with van der Waals surface area (Å²) in [6, 6.07) is 6.35. The third-order valence-corrected chi connectivity index (χ3v) is 2.27. The number of hydrogen-bond acceptors (Lipinski definition) is 3. The summed E-state index contributed by atoms with van der Waals surface area (Å²) in [7, 11) is 1.53. The molecule has 0 radical (unpaired) electrons. The number of rotatable bonds is 2. The zero-order valence-electron chi connectivity index (χ0n) is 8.69. The van der Waals surface area contributed by atoms with E-state index in [1.165, 1.54) is 12.0 Å². The number of amides is 3. The van der Waals surface area contributed by atoms with E-state index < -0.39 is 11.9 Å². The van der Waals surface area contributed by atoms with Crippen molar-refractivity contribution in [2.75, 3.05) is 12.0 Å². The Labute approximate surface area is 92.3 Å². The van der Waals surface area contributed by atoms with Crippen molar-refractivity contribution in [2.45, 2.75) is 0 Å². The van der Waals surface area contributed by atoms with Gasteiger partial charge in [0.05, 0.1) is 12.8 Å². The first-order chi connectivity index (χ1) is 7.63. The average molecular weight is 218 g/mol. The van der Waals surface area contributed by atoms with Crippen LogP contribution in [0.15, 0.2) is 36.5 Å². The van der Waals surface area contributed by atoms with Gasteiger partial charge < -0.3 is 4.74 Å². The van der Waals surface area contributed by atoms with E-state index >= 15 is 0 Å². The van der Waals surface area contributed by atoms with Crippen LogP contribution in [0, 0.1) is 0 Å². The molecule has 0 bridgehead atoms. The molecule has 1 aliphatic rings. The van der Waals surface area contributed by atoms with Crippen LogP contribution in [0.4, 0.5) is 10.5 Å². The van der Waals surface area contributed by atoms with Gasteiger partial charge in [-0.1, -0.05) is 12.6 Å². The molecule has 82 valence electrons. The molecule has 0 aromatic heterocycles. The van der Waals surface area contributed by atoms with E-state index in [0.717, 1.165) is 0 Å². The summed E-state index contributed by atoms with van der Waals surface area (Å²) in [5, 5.41) is 2.16. The van der Waals surface area contributed by atoms with Gasteiger partial charge in [0.1, 0.15) is 11.4 Å². The zero-order chi connectivity index (χ0) is 11.7. The normalized spacial score (nSPS) is 15.3. The van der Waals surface area contributed by atoms with Crippen LogP contribution in [-0.2, 0) is 4.79 Å². The van der Waals surface area contributed by atoms with Crippen molar-refractivity contribution in [1.82, 2.24) is 5.32 Å². The van der Waals surface area contributed by atoms with Crippen LogP contribution in [-0.4, -0.2) is 19.0 Å². The zero-order valence-corrected chi connectivity index (χ0v) is 8.69. The van der Waals surface area contributed by atoms with Crippen LogP contribution in [0.1, 0.15) is 0 Å². The Bertz CT molecular complexity index is 482. The molecule has 5 nitrogen and oxygen atoms in total. The maximum atomic E-state index is 11.5. The third kappa shape index (κ3) is 1.52. The molecule has 0 unspecified atom stereocenters. The summed E-state index contributed by atoms with van der Waals surface area (Å²) in [6.45, 7) is 3.55. The number of benzene rings is 1. The van der Waals surface area contributed by atoms with Crippen LogP contribution in [0.3, 0.4) is 0 Å². The molecule has 5 heteroatoms. The molecule has 1 saturated heterocycles. The lowest BCUT2D eigenvalue weighted by atomic mass is 10.2. The van der Waals surface area contributed by atoms with Gasteiger partial charge in [-0.25, -0.2) is 4.79 Å². The Hall–Kier alpha value is -2.30. The highest BCUT2D eigenvalue weighted by Gasteiger charge is 2.32. The second-order valence-corrected chi connectivity index (χ2v) is 3.24. The number of methoxy groups -OCH3 is 1. The van der Waals surface area contributed by atoms with Gasteiger partial charge in [-0.15, -0.1) is 0 Å². The monoisotopic (exact) mass is 218 g/mol. The smallest absolute Gasteiger partial charge is 0.333 e. The molecule has 1 aromatic rings. The summed E-state index contributed by atoms with van der Waals surface area (Å²) in [6.07, 6.45) is 0. The van der Waals surface area contributed by atoms with Gasteiger partial charge in [0.2, 0.25) is 0 Å². The molecule has 1 aliphatic heterocycles. The van der Waals surface area contributed by atoms with Crippen molar-refractivity contribution >= 4 is 17.6 Å². The van der Waals surface area contributed by atoms with Gasteiger partial charge >= 0.3 is 6.03 Å². The van der Waals surface area contributed by atoms with E-state index in [4.69, 9.17) is 4.74 Å². The van der Waals surface area contributed by atoms with Gasteiger partial charge in [0, 0.05) is 6.07 Å². The van der Waals surface area contributed by atoms with Crippen LogP contribution in [0.2, 0.25) is 0 Å². The molecule has 1 N–H and O–H groups in total. The number of nitrogens with one attached hydrogen (secondary N) is 1. The number of urea groups is 1. The average Bonchev–Trinajstić information content (AvgIpc) is 2.53. The van der Waals surface area contributed by atoms with E-state index in [2.05, 4.69) is 11.9 Å². The topological polar surface area (TPSA) is 58.6 Å². The summed E-state index contributed by atoms with van der Waals surface area (Å²) >= 11 is 0. The Morgan fingerprint density at radius 1 is 1.38 bits per heavy atom. The Kier molecular flexibility index (Phi) is 2.36. The largest absolute Gasteiger partial charge is 0.497 e. The van der Waals surface area contributed by atoms with E-state index in [1.807, 2.05) is 0 Å². The first-order valence-electron chi connectivity index (χ1n) is 4.62. The first kappa shape index (κ1) is 10.2. The SMILES string of the molecule is C=C1C(=O)NC(=O)N1c1cccc(OC)c1. The predicted molar refractivity (Wildman–Crippen MR) is 58.2 cm³/mol. The van der Waals surface area contributed by atoms with Crippen LogP contribution < -0.4 is 15.0 Å². The van der Waals surface area contributed by atoms with Crippen LogP contribution in [0.5, 0.6) is 5.75 Å². The van der Waals surface area contributed by atoms with Crippen molar-refractivity contribution in [3.63, 3.8) is 0 Å². The molecule has 0 spiro atoms. The maximum absolute atomic E-state index is 11.5. The van der Waals surface area contributed by atoms with Gasteiger partial charge in [0.25, 0.3) is 5.91 Å². The minimum absolute atomic E-state index is 0.109. The summed E-state index contributed by atoms with van der Waals surface area (Å²) in [5.74, 6) is 0.130. The predicted octanol–water partition coefficient (Wildman–Crippen LogP) is 1.27. The number of imide groups is 1. The number of ether oxygens (including phenoxy) is 1. The number of hydrogen-bond donors (Lipinski definition) is 1. The van der Waals surface area contributed by atoms with E-state index in [9.17, 15) is 9.59 Å². The lowest BCUT2D eigenvalue weighted by Crippen LogP contribution is -2.27. The Morgan fingerprint density at radius 2 is 2.12 bits per heavy atom. The van der Waals surface area contributed by atoms with E-state index in [1.54, 1.807) is 24.3 Å². The molecule has 16 heavy (non-hydrogen) atoms. The van der Waals surface area contributed by atoms with Crippen molar-refractivity contribution in [1.29, 1.82) is 0 Å². The first-order valence-corrected chi connectivity index (χ1v) is 4.62. The third-order valence-electron chi connectivity index (χ3n) is 2.27. The molecule has 1 fully saturated rings. The minimum Gasteiger partial charge on any atom is -0.497 e. The highest BCUT2D eigenvalue weighted by atomic mass is 16.5. The number of carbonyl (C=O) groups excluding carboxylic acids is 2. The molecule has 2 rings (SSSR count). The van der Waals surface area contributed by atoms with E-state index in [-0.39, 0.29) is 5.70 Å². The van der Waals surface area contributed by atoms with E-state index in [0.29, 0.717) is 11.4 Å². The molecule has 3 amide bonds. The van der Waals surface area contributed by atoms with Gasteiger partial charge in [-0.2, -0.15) is 0 Å². The van der Waals surface area contributed by atoms with Gasteiger partial charge in [0.15, 0.2) is 0 Å². The number of carbonyl (C=O) groups is 2. The molecule has 0 aliphatic carbocycles. The Morgan fingerprint density at radius 3 is 2.69 bits per heavy atom. The molecule has 1 aromatic carbocycles. The standard InChI is InChI=1S/C11H10N2O3/c1-7-10(14)12-11(15)13(7)8-4-3-5-9(6-8)16-2/h3-6H,1H2,2H3,(H,12,14,15). The summed E-state index contributed by atoms with van der Waals surface area (Å²) in [4.78, 5) is 23.9. The summed E-state index contributed by atoms with van der Waals surface area (Å²) in [5.41, 5.74) is 0.658. The van der Waals surface area contributed by atoms with Crippen molar-refractivity contribution in [3.05, 3.63) is 36.5 Å². The van der Waals surface area contributed by atoms with Crippen molar-refractivity contribution < 1.29 is 14.3 Å². The van der Waals surface area contributed by atoms with Crippen molar-refractivity contribution in [3.8, 4) is 5.75 Å². The molecular formula is C11H10N2O3. The fourth-order valence-electron chi connectivity index (χ4n) is 1.47. The minimum atomic E-state index is -0.497. The van der Waals surface area contributed by atoms with Crippen molar-refractivity contribution in [2.24, 2.45) is 0 Å². The van der Waals surface area contributed by atoms with Gasteiger partial charge in [-0.05, 0) is 12.1 Å². The van der Waals surface area contributed by atoms with Crippen LogP contribution in [0.25, 0.3) is 0 Å². The molecular weight excluding hydrogens is 208 g/mol. The second kappa shape index (κ2) is 3.69. The molecule has 0 atom stereocenters. The lowest BCUT2D eigenvalue weighted by molar-refractivity contribution is -0.115. The summed E-state index contributed by atoms with van der Waals surface area (Å²) < 4.78 is 5.04. The highest BCUT2D eigenvalue weighted by Crippen LogP contribution is 2.26. The number of anilines is 1. The fraction of sp³-hybridized carbons (Fsp3) is 0.0909. The maximum Gasteiger partial charge on any atom is 0.333 e. The fourth-order valence-corrected chi connectivity index (χ4v) is 1.47. The molecule has 1 heterocycles. The quantitative estimate of drug-likeness (QED) is 0.600.